The van der Waals surface area contributed by atoms with Crippen LogP contribution in [0, 0.1) is 0 Å². The molecule has 4 aromatic rings. The van der Waals surface area contributed by atoms with Crippen LogP contribution < -0.4 is 52.9 Å². The zero-order valence-electron chi connectivity index (χ0n) is 31.6. The van der Waals surface area contributed by atoms with E-state index < -0.39 is 0 Å². The Hall–Kier alpha value is -2.26. The number of benzene rings is 2. The molecule has 0 atom stereocenters. The lowest BCUT2D eigenvalue weighted by Gasteiger charge is -2.20. The van der Waals surface area contributed by atoms with E-state index >= 15 is 0 Å². The van der Waals surface area contributed by atoms with Crippen molar-refractivity contribution in [2.45, 2.75) is 92.2 Å². The molecule has 0 aliphatic rings. The summed E-state index contributed by atoms with van der Waals surface area (Å²) in [5, 5.41) is 0. The number of hydrogen-bond donors (Lipinski definition) is 0. The number of hydrogen-bond acceptors (Lipinski definition) is 2. The summed E-state index contributed by atoms with van der Waals surface area (Å²) in [6.45, 7) is 15.1. The quantitative estimate of drug-likeness (QED) is 0.0794. The second-order valence-corrected chi connectivity index (χ2v) is 14.7. The molecule has 0 saturated heterocycles. The summed E-state index contributed by atoms with van der Waals surface area (Å²) in [5.74, 6) is 0. The van der Waals surface area contributed by atoms with E-state index in [9.17, 15) is 0 Å². The van der Waals surface area contributed by atoms with E-state index in [-0.39, 0.29) is 34.0 Å². The number of aryl methyl sites for hydroxylation is 2. The Morgan fingerprint density at radius 2 is 0.788 bits per heavy atom. The maximum Gasteiger partial charge on any atom is 0.183 e. The van der Waals surface area contributed by atoms with Crippen molar-refractivity contribution in [2.75, 3.05) is 36.0 Å². The molecule has 0 unspecified atom stereocenters. The van der Waals surface area contributed by atoms with E-state index in [1.165, 1.54) is 85.0 Å². The van der Waals surface area contributed by atoms with Crippen LogP contribution in [0.1, 0.15) is 101 Å². The first kappa shape index (κ1) is 45.9. The number of halogens is 4. The molecule has 2 aromatic heterocycles. The minimum absolute atomic E-state index is 0. The summed E-state index contributed by atoms with van der Waals surface area (Å²) >= 11 is 7.58. The second kappa shape index (κ2) is 25.7. The van der Waals surface area contributed by atoms with Crippen molar-refractivity contribution in [1.29, 1.82) is 0 Å². The Kier molecular flexibility index (Phi) is 22.7. The SMILES string of the molecule is CCN(CC)c1ccc(/C=C/c2cc[n+](CCCCCCCCCC[n+]3ccc(/C=C/c4ccc(N(CC)CC)cc4)c(Br)c3)cc2Br)cc1.[Br-].[Br-]. The molecule has 0 spiro atoms. The highest BCUT2D eigenvalue weighted by atomic mass is 79.9. The molecule has 0 radical (unpaired) electrons. The summed E-state index contributed by atoms with van der Waals surface area (Å²) in [4.78, 5) is 4.74. The monoisotopic (exact) mass is 958 g/mol. The van der Waals surface area contributed by atoms with E-state index in [0.29, 0.717) is 0 Å². The van der Waals surface area contributed by atoms with Gasteiger partial charge in [0.25, 0.3) is 0 Å². The maximum absolute atomic E-state index is 3.79. The fourth-order valence-corrected chi connectivity index (χ4v) is 7.43. The van der Waals surface area contributed by atoms with Crippen LogP contribution in [0.3, 0.4) is 0 Å². The van der Waals surface area contributed by atoms with Gasteiger partial charge in [-0.15, -0.1) is 0 Å². The van der Waals surface area contributed by atoms with Gasteiger partial charge in [-0.2, -0.15) is 0 Å². The van der Waals surface area contributed by atoms with E-state index in [1.807, 2.05) is 0 Å². The molecule has 0 aliphatic carbocycles. The third-order valence-corrected chi connectivity index (χ3v) is 10.9. The van der Waals surface area contributed by atoms with Gasteiger partial charge in [0.15, 0.2) is 24.8 Å². The molecule has 0 N–H and O–H groups in total. The normalized spacial score (nSPS) is 11.1. The molecule has 282 valence electrons. The van der Waals surface area contributed by atoms with Crippen LogP contribution in [0.2, 0.25) is 0 Å². The molecule has 4 rings (SSSR count). The van der Waals surface area contributed by atoms with Crippen molar-refractivity contribution in [2.24, 2.45) is 0 Å². The topological polar surface area (TPSA) is 14.2 Å². The van der Waals surface area contributed by atoms with Crippen molar-refractivity contribution in [3.8, 4) is 0 Å². The van der Waals surface area contributed by atoms with Crippen LogP contribution in [-0.2, 0) is 13.1 Å². The van der Waals surface area contributed by atoms with Crippen LogP contribution >= 0.6 is 31.9 Å². The highest BCUT2D eigenvalue weighted by Crippen LogP contribution is 2.21. The average molecular weight is 963 g/mol. The number of anilines is 2. The van der Waals surface area contributed by atoms with Crippen molar-refractivity contribution < 1.29 is 43.1 Å². The van der Waals surface area contributed by atoms with E-state index in [4.69, 9.17) is 0 Å². The highest BCUT2D eigenvalue weighted by molar-refractivity contribution is 9.10. The molecule has 0 bridgehead atoms. The number of rotatable bonds is 21. The first-order valence-corrected chi connectivity index (χ1v) is 20.5. The summed E-state index contributed by atoms with van der Waals surface area (Å²) in [7, 11) is 0. The molecule has 2 heterocycles. The largest absolute Gasteiger partial charge is 1.00 e. The zero-order valence-corrected chi connectivity index (χ0v) is 37.9. The van der Waals surface area contributed by atoms with Crippen LogP contribution in [0.5, 0.6) is 0 Å². The van der Waals surface area contributed by atoms with Crippen molar-refractivity contribution in [1.82, 2.24) is 0 Å². The van der Waals surface area contributed by atoms with Crippen molar-refractivity contribution >= 4 is 67.5 Å². The Labute approximate surface area is 352 Å². The molecule has 4 nitrogen and oxygen atoms in total. The number of nitrogens with zero attached hydrogens (tertiary/aromatic N) is 4. The fourth-order valence-electron chi connectivity index (χ4n) is 6.38. The molecule has 52 heavy (non-hydrogen) atoms. The van der Waals surface area contributed by atoms with Gasteiger partial charge >= 0.3 is 0 Å². The molecule has 8 heteroatoms. The Balaban J connectivity index is 0.00000468. The minimum Gasteiger partial charge on any atom is -1.00 e. The van der Waals surface area contributed by atoms with Crippen molar-refractivity contribution in [3.63, 3.8) is 0 Å². The van der Waals surface area contributed by atoms with Crippen LogP contribution in [0.4, 0.5) is 11.4 Å². The van der Waals surface area contributed by atoms with Gasteiger partial charge in [0.1, 0.15) is 13.1 Å². The number of aromatic nitrogens is 2. The predicted molar refractivity (Wildman–Crippen MR) is 223 cm³/mol. The van der Waals surface area contributed by atoms with E-state index in [0.717, 1.165) is 48.2 Å². The lowest BCUT2D eigenvalue weighted by atomic mass is 10.1. The van der Waals surface area contributed by atoms with Gasteiger partial charge in [0.05, 0.1) is 8.95 Å². The van der Waals surface area contributed by atoms with Crippen LogP contribution in [0.25, 0.3) is 24.3 Å². The molecule has 0 saturated carbocycles. The van der Waals surface area contributed by atoms with Crippen LogP contribution in [-0.4, -0.2) is 26.2 Å². The predicted octanol–water partition coefficient (Wildman–Crippen LogP) is 5.65. The Morgan fingerprint density at radius 3 is 1.10 bits per heavy atom. The number of unbranched alkanes of at least 4 members (excludes halogenated alkanes) is 7. The average Bonchev–Trinajstić information content (AvgIpc) is 3.13. The highest BCUT2D eigenvalue weighted by Gasteiger charge is 2.08. The van der Waals surface area contributed by atoms with Crippen LogP contribution in [0.15, 0.2) is 94.4 Å². The molecule has 0 amide bonds. The van der Waals surface area contributed by atoms with Crippen molar-refractivity contribution in [3.05, 3.63) is 117 Å². The molecule has 0 fully saturated rings. The van der Waals surface area contributed by atoms with Gasteiger partial charge < -0.3 is 43.8 Å². The maximum atomic E-state index is 3.79. The molecule has 2 aromatic carbocycles. The standard InChI is InChI=1S/C44H58Br2N4.2BrH/c1-5-49(6-2)41-25-19-37(20-26-41)17-23-39-29-33-47(35-43(39)45)31-15-13-11-9-10-12-14-16-32-48-34-30-40(44(46)36-48)24-18-38-21-27-42(28-22-38)50(7-3)8-4;;/h17-30,33-36H,5-16,31-32H2,1-4H3;2*1H/q+2;;/p-2. The van der Waals surface area contributed by atoms with Gasteiger partial charge in [-0.3, -0.25) is 0 Å². The van der Waals surface area contributed by atoms with Gasteiger partial charge in [-0.25, -0.2) is 9.13 Å². The molecule has 0 aliphatic heterocycles. The summed E-state index contributed by atoms with van der Waals surface area (Å²) < 4.78 is 6.90. The van der Waals surface area contributed by atoms with Gasteiger partial charge in [-0.05, 0) is 108 Å². The third-order valence-electron chi connectivity index (χ3n) is 9.54. The Morgan fingerprint density at radius 1 is 0.462 bits per heavy atom. The lowest BCUT2D eigenvalue weighted by molar-refractivity contribution is -0.698. The molecular weight excluding hydrogens is 904 g/mol. The smallest absolute Gasteiger partial charge is 0.183 e. The fraction of sp³-hybridized carbons (Fsp3) is 0.409. The molecular formula is C44H58Br4N4. The van der Waals surface area contributed by atoms with Gasteiger partial charge in [-0.1, -0.05) is 74.3 Å². The first-order valence-electron chi connectivity index (χ1n) is 18.9. The zero-order chi connectivity index (χ0) is 35.6. The van der Waals surface area contributed by atoms with E-state index in [1.54, 1.807) is 0 Å². The number of pyridine rings is 2. The summed E-state index contributed by atoms with van der Waals surface area (Å²) in [6.07, 6.45) is 28.0. The minimum atomic E-state index is 0. The summed E-state index contributed by atoms with van der Waals surface area (Å²) in [6, 6.07) is 22.1. The Bertz CT molecular complexity index is 1510. The van der Waals surface area contributed by atoms with Gasteiger partial charge in [0, 0.05) is 73.7 Å². The first-order chi connectivity index (χ1) is 24.4. The summed E-state index contributed by atoms with van der Waals surface area (Å²) in [5.41, 5.74) is 7.43. The van der Waals surface area contributed by atoms with E-state index in [2.05, 4.69) is 188 Å². The lowest BCUT2D eigenvalue weighted by Crippen LogP contribution is -3.00. The van der Waals surface area contributed by atoms with Gasteiger partial charge in [0.2, 0.25) is 0 Å². The second-order valence-electron chi connectivity index (χ2n) is 13.0. The third kappa shape index (κ3) is 15.2.